The highest BCUT2D eigenvalue weighted by molar-refractivity contribution is 5.85. The maximum atomic E-state index is 12.8. The molecule has 0 aromatic heterocycles. The van der Waals surface area contributed by atoms with E-state index in [4.69, 9.17) is 5.73 Å². The molecule has 1 nitrogen and oxygen atoms in total. The van der Waals surface area contributed by atoms with Crippen molar-refractivity contribution in [3.63, 3.8) is 0 Å². The molecule has 0 aliphatic heterocycles. The van der Waals surface area contributed by atoms with Crippen LogP contribution in [0.1, 0.15) is 5.56 Å². The molecule has 0 saturated heterocycles. The second kappa shape index (κ2) is 4.48. The normalized spacial score (nSPS) is 10.8. The third kappa shape index (κ3) is 2.90. The monoisotopic (exact) mass is 211 g/mol. The van der Waals surface area contributed by atoms with Gasteiger partial charge in [0.2, 0.25) is 0 Å². The van der Waals surface area contributed by atoms with Gasteiger partial charge in [-0.2, -0.15) is 8.78 Å². The summed E-state index contributed by atoms with van der Waals surface area (Å²) in [6, 6.07) is 4.27. The Morgan fingerprint density at radius 1 is 1.31 bits per heavy atom. The van der Waals surface area contributed by atoms with Crippen molar-refractivity contribution in [2.45, 2.75) is 5.92 Å². The van der Waals surface area contributed by atoms with E-state index in [1.165, 1.54) is 6.07 Å². The van der Waals surface area contributed by atoms with E-state index >= 15 is 0 Å². The molecule has 1 aromatic rings. The zero-order valence-electron chi connectivity index (χ0n) is 6.64. The van der Waals surface area contributed by atoms with Gasteiger partial charge in [-0.05, 0) is 12.1 Å². The van der Waals surface area contributed by atoms with Gasteiger partial charge in [0.25, 0.3) is 5.92 Å². The summed E-state index contributed by atoms with van der Waals surface area (Å²) in [6.07, 6.45) is 0. The maximum Gasteiger partial charge on any atom is 0.285 e. The van der Waals surface area contributed by atoms with Gasteiger partial charge in [0.05, 0.1) is 6.54 Å². The lowest BCUT2D eigenvalue weighted by molar-refractivity contribution is 0.00565. The fourth-order valence-corrected chi connectivity index (χ4v) is 0.834. The predicted molar refractivity (Wildman–Crippen MR) is 46.6 cm³/mol. The Hall–Kier alpha value is -0.740. The van der Waals surface area contributed by atoms with Crippen molar-refractivity contribution in [3.8, 4) is 0 Å². The topological polar surface area (TPSA) is 26.0 Å². The summed E-state index contributed by atoms with van der Waals surface area (Å²) in [5, 5.41) is 0. The van der Waals surface area contributed by atoms with Crippen molar-refractivity contribution in [2.75, 3.05) is 6.54 Å². The zero-order valence-corrected chi connectivity index (χ0v) is 7.45. The molecule has 0 aliphatic rings. The van der Waals surface area contributed by atoms with Crippen LogP contribution in [-0.2, 0) is 5.92 Å². The first-order valence-electron chi connectivity index (χ1n) is 3.40. The second-order valence-corrected chi connectivity index (χ2v) is 2.42. The lowest BCUT2D eigenvalue weighted by Crippen LogP contribution is -2.25. The summed E-state index contributed by atoms with van der Waals surface area (Å²) in [4.78, 5) is 0. The molecule has 0 spiro atoms. The molecular weight excluding hydrogens is 203 g/mol. The number of benzene rings is 1. The van der Waals surface area contributed by atoms with Crippen molar-refractivity contribution in [3.05, 3.63) is 35.6 Å². The molecule has 0 aliphatic carbocycles. The minimum Gasteiger partial charge on any atom is -0.325 e. The van der Waals surface area contributed by atoms with Crippen LogP contribution in [0.15, 0.2) is 24.3 Å². The average molecular weight is 212 g/mol. The highest BCUT2D eigenvalue weighted by atomic mass is 35.5. The lowest BCUT2D eigenvalue weighted by Gasteiger charge is -2.13. The highest BCUT2D eigenvalue weighted by Gasteiger charge is 2.29. The van der Waals surface area contributed by atoms with Crippen molar-refractivity contribution in [1.29, 1.82) is 0 Å². The second-order valence-electron chi connectivity index (χ2n) is 2.42. The van der Waals surface area contributed by atoms with Crippen LogP contribution in [0.2, 0.25) is 0 Å². The Kier molecular flexibility index (Phi) is 4.23. The third-order valence-corrected chi connectivity index (χ3v) is 1.50. The number of nitrogens with two attached hydrogens (primary N) is 1. The quantitative estimate of drug-likeness (QED) is 0.798. The maximum absolute atomic E-state index is 12.8. The molecule has 5 heteroatoms. The van der Waals surface area contributed by atoms with Gasteiger partial charge < -0.3 is 5.73 Å². The summed E-state index contributed by atoms with van der Waals surface area (Å²) in [6.45, 7) is -0.809. The first-order chi connectivity index (χ1) is 5.56. The number of hydrogen-bond donors (Lipinski definition) is 1. The first-order valence-corrected chi connectivity index (χ1v) is 3.40. The molecule has 0 bridgehead atoms. The van der Waals surface area contributed by atoms with Gasteiger partial charge in [-0.25, -0.2) is 4.39 Å². The van der Waals surface area contributed by atoms with E-state index in [1.807, 2.05) is 0 Å². The van der Waals surface area contributed by atoms with E-state index in [-0.39, 0.29) is 18.0 Å². The molecule has 1 aromatic carbocycles. The van der Waals surface area contributed by atoms with Crippen molar-refractivity contribution < 1.29 is 13.2 Å². The largest absolute Gasteiger partial charge is 0.325 e. The van der Waals surface area contributed by atoms with Crippen LogP contribution in [0.25, 0.3) is 0 Å². The molecule has 0 unspecified atom stereocenters. The third-order valence-electron chi connectivity index (χ3n) is 1.50. The Labute approximate surface area is 80.2 Å². The van der Waals surface area contributed by atoms with Crippen LogP contribution in [0.5, 0.6) is 0 Å². The van der Waals surface area contributed by atoms with Crippen LogP contribution in [0, 0.1) is 5.82 Å². The molecule has 0 saturated carbocycles. The van der Waals surface area contributed by atoms with Crippen LogP contribution < -0.4 is 5.73 Å². The highest BCUT2D eigenvalue weighted by Crippen LogP contribution is 2.26. The number of alkyl halides is 2. The molecule has 74 valence electrons. The Morgan fingerprint density at radius 3 is 2.38 bits per heavy atom. The fourth-order valence-electron chi connectivity index (χ4n) is 0.834. The van der Waals surface area contributed by atoms with Crippen LogP contribution in [0.4, 0.5) is 13.2 Å². The molecule has 0 heterocycles. The number of hydrogen-bond acceptors (Lipinski definition) is 1. The molecular formula is C8H9ClF3N. The van der Waals surface area contributed by atoms with E-state index in [2.05, 4.69) is 0 Å². The molecule has 0 amide bonds. The van der Waals surface area contributed by atoms with Gasteiger partial charge in [-0.3, -0.25) is 0 Å². The van der Waals surface area contributed by atoms with Crippen molar-refractivity contribution >= 4 is 12.4 Å². The van der Waals surface area contributed by atoms with Gasteiger partial charge >= 0.3 is 0 Å². The molecule has 0 radical (unpaired) electrons. The summed E-state index contributed by atoms with van der Waals surface area (Å²) in [5.41, 5.74) is 4.43. The van der Waals surface area contributed by atoms with Crippen LogP contribution >= 0.6 is 12.4 Å². The molecule has 2 N–H and O–H groups in total. The van der Waals surface area contributed by atoms with Crippen LogP contribution in [-0.4, -0.2) is 6.54 Å². The Balaban J connectivity index is 0.00000144. The number of rotatable bonds is 2. The predicted octanol–water partition coefficient (Wildman–Crippen LogP) is 2.30. The van der Waals surface area contributed by atoms with Crippen molar-refractivity contribution in [1.82, 2.24) is 0 Å². The number of halogens is 4. The van der Waals surface area contributed by atoms with E-state index in [1.54, 1.807) is 0 Å². The average Bonchev–Trinajstić information content (AvgIpc) is 2.05. The lowest BCUT2D eigenvalue weighted by atomic mass is 10.1. The van der Waals surface area contributed by atoms with Gasteiger partial charge in [0, 0.05) is 5.56 Å². The summed E-state index contributed by atoms with van der Waals surface area (Å²) in [5.74, 6) is -3.82. The zero-order chi connectivity index (χ0) is 9.19. The smallest absolute Gasteiger partial charge is 0.285 e. The molecule has 0 atom stereocenters. The fraction of sp³-hybridized carbons (Fsp3) is 0.250. The molecule has 1 rings (SSSR count). The Morgan fingerprint density at radius 2 is 1.92 bits per heavy atom. The summed E-state index contributed by atoms with van der Waals surface area (Å²) < 4.78 is 38.0. The Bertz CT molecular complexity index is 278. The van der Waals surface area contributed by atoms with Gasteiger partial charge in [-0.15, -0.1) is 12.4 Å². The first kappa shape index (κ1) is 12.3. The van der Waals surface area contributed by atoms with E-state index in [0.29, 0.717) is 0 Å². The van der Waals surface area contributed by atoms with E-state index < -0.39 is 18.3 Å². The SMILES string of the molecule is Cl.NCC(F)(F)c1cccc(F)c1. The minimum absolute atomic E-state index is 0. The minimum atomic E-state index is -3.14. The summed E-state index contributed by atoms with van der Waals surface area (Å²) in [7, 11) is 0. The van der Waals surface area contributed by atoms with Gasteiger partial charge in [0.15, 0.2) is 0 Å². The standard InChI is InChI=1S/C8H8F3N.ClH/c9-7-3-1-2-6(4-7)8(10,11)5-12;/h1-4H,5,12H2;1H. The molecule has 13 heavy (non-hydrogen) atoms. The van der Waals surface area contributed by atoms with E-state index in [9.17, 15) is 13.2 Å². The summed E-state index contributed by atoms with van der Waals surface area (Å²) >= 11 is 0. The molecule has 0 fully saturated rings. The van der Waals surface area contributed by atoms with Crippen LogP contribution in [0.3, 0.4) is 0 Å². The van der Waals surface area contributed by atoms with Gasteiger partial charge in [-0.1, -0.05) is 12.1 Å². The van der Waals surface area contributed by atoms with Crippen molar-refractivity contribution in [2.24, 2.45) is 5.73 Å². The van der Waals surface area contributed by atoms with Gasteiger partial charge in [0.1, 0.15) is 5.82 Å². The van der Waals surface area contributed by atoms with E-state index in [0.717, 1.165) is 18.2 Å².